The first-order valence-electron chi connectivity index (χ1n) is 14.4. The number of hydrogen-bond donors (Lipinski definition) is 2. The molecule has 14 nitrogen and oxygen atoms in total. The van der Waals surface area contributed by atoms with Gasteiger partial charge in [0.2, 0.25) is 0 Å². The van der Waals surface area contributed by atoms with E-state index in [1.165, 1.54) is 36.9 Å². The fourth-order valence-corrected chi connectivity index (χ4v) is 5.99. The van der Waals surface area contributed by atoms with Crippen LogP contribution in [0.1, 0.15) is 67.5 Å². The Morgan fingerprint density at radius 3 is 2.68 bits per heavy atom. The van der Waals surface area contributed by atoms with Crippen LogP contribution in [0.3, 0.4) is 0 Å². The first kappa shape index (κ1) is 27.3. The summed E-state index contributed by atoms with van der Waals surface area (Å²) in [5, 5.41) is 26.5. The van der Waals surface area contributed by atoms with Gasteiger partial charge in [-0.3, -0.25) is 0 Å². The topological polar surface area (TPSA) is 167 Å². The van der Waals surface area contributed by atoms with Gasteiger partial charge in [0.05, 0.1) is 11.3 Å². The second-order valence-electron chi connectivity index (χ2n) is 11.3. The fraction of sp³-hybridized carbons (Fsp3) is 0.300. The molecule has 224 valence electrons. The summed E-state index contributed by atoms with van der Waals surface area (Å²) in [7, 11) is 1.43. The van der Waals surface area contributed by atoms with Crippen molar-refractivity contribution in [3.05, 3.63) is 81.1 Å². The number of fused-ring (bicyclic) bond motifs is 2. The second-order valence-corrected chi connectivity index (χ2v) is 11.3. The average molecular weight is 596 g/mol. The van der Waals surface area contributed by atoms with Crippen molar-refractivity contribution in [3.63, 3.8) is 0 Å². The summed E-state index contributed by atoms with van der Waals surface area (Å²) < 4.78 is 11.5. The van der Waals surface area contributed by atoms with E-state index in [0.717, 1.165) is 32.8 Å². The molecule has 0 aliphatic heterocycles. The van der Waals surface area contributed by atoms with Crippen LogP contribution in [0, 0.1) is 0 Å². The minimum atomic E-state index is -0.876. The highest BCUT2D eigenvalue weighted by molar-refractivity contribution is 5.95. The first-order chi connectivity index (χ1) is 21.2. The number of H-pyrrole nitrogens is 1. The number of nitrogens with one attached hydrogen (secondary N) is 1. The van der Waals surface area contributed by atoms with Crippen LogP contribution in [0.25, 0.3) is 33.6 Å². The number of hydrogen-bond acceptors (Lipinski definition) is 9. The fourth-order valence-electron chi connectivity index (χ4n) is 5.99. The molecule has 0 amide bonds. The molecule has 6 aromatic rings. The molecule has 1 fully saturated rings. The van der Waals surface area contributed by atoms with Gasteiger partial charge in [-0.2, -0.15) is 9.78 Å². The highest BCUT2D eigenvalue weighted by Gasteiger charge is 2.25. The van der Waals surface area contributed by atoms with Crippen molar-refractivity contribution in [2.45, 2.75) is 51.5 Å². The Kier molecular flexibility index (Phi) is 6.41. The lowest BCUT2D eigenvalue weighted by molar-refractivity contribution is 0.0729. The van der Waals surface area contributed by atoms with Crippen LogP contribution in [-0.2, 0) is 7.05 Å². The molecule has 0 bridgehead atoms. The van der Waals surface area contributed by atoms with E-state index in [2.05, 4.69) is 36.3 Å². The monoisotopic (exact) mass is 595 g/mol. The minimum absolute atomic E-state index is 0.0545. The van der Waals surface area contributed by atoms with Gasteiger partial charge in [-0.1, -0.05) is 31.9 Å². The molecule has 0 atom stereocenters. The molecule has 4 aromatic heterocycles. The summed E-state index contributed by atoms with van der Waals surface area (Å²) in [6, 6.07) is 11.3. The normalized spacial score (nSPS) is 13.9. The van der Waals surface area contributed by atoms with E-state index < -0.39 is 17.3 Å². The van der Waals surface area contributed by atoms with Crippen LogP contribution >= 0.6 is 0 Å². The Balaban J connectivity index is 1.26. The molecule has 0 spiro atoms. The predicted octanol–water partition coefficient (Wildman–Crippen LogP) is 3.48. The molecule has 0 unspecified atom stereocenters. The van der Waals surface area contributed by atoms with E-state index in [1.807, 2.05) is 38.1 Å². The molecule has 14 heteroatoms. The SMILES string of the molecule is CC(C)c1cc(-c2n[nH]c(=O)n2-c2ccc3c(ccn3C3CCCC3)c2)c(O)cc1OC(=O)c1ncn2c(=O)n(C)nnc12. The van der Waals surface area contributed by atoms with Gasteiger partial charge in [-0.15, -0.1) is 5.10 Å². The van der Waals surface area contributed by atoms with E-state index in [-0.39, 0.29) is 40.1 Å². The Hall–Kier alpha value is -5.53. The highest BCUT2D eigenvalue weighted by atomic mass is 16.5. The number of phenolic OH excluding ortho intramolecular Hbond substituents is 1. The summed E-state index contributed by atoms with van der Waals surface area (Å²) in [4.78, 5) is 42.5. The van der Waals surface area contributed by atoms with Gasteiger partial charge in [0.25, 0.3) is 0 Å². The minimum Gasteiger partial charge on any atom is -0.507 e. The summed E-state index contributed by atoms with van der Waals surface area (Å²) >= 11 is 0. The largest absolute Gasteiger partial charge is 0.507 e. The smallest absolute Gasteiger partial charge is 0.366 e. The molecular formula is C30H29N9O5. The van der Waals surface area contributed by atoms with Gasteiger partial charge in [0.15, 0.2) is 17.2 Å². The summed E-state index contributed by atoms with van der Waals surface area (Å²) in [6.45, 7) is 3.80. The highest BCUT2D eigenvalue weighted by Crippen LogP contribution is 2.39. The lowest BCUT2D eigenvalue weighted by Gasteiger charge is -2.16. The summed E-state index contributed by atoms with van der Waals surface area (Å²) in [5.41, 5.74) is 1.30. The molecule has 2 aromatic carbocycles. The van der Waals surface area contributed by atoms with Gasteiger partial charge in [-0.25, -0.2) is 33.4 Å². The third kappa shape index (κ3) is 4.37. The van der Waals surface area contributed by atoms with Gasteiger partial charge < -0.3 is 14.4 Å². The maximum atomic E-state index is 13.1. The van der Waals surface area contributed by atoms with Gasteiger partial charge >= 0.3 is 17.3 Å². The zero-order valence-corrected chi connectivity index (χ0v) is 24.3. The van der Waals surface area contributed by atoms with Crippen LogP contribution in [-0.4, -0.2) is 54.8 Å². The molecular weight excluding hydrogens is 566 g/mol. The molecule has 0 radical (unpaired) electrons. The van der Waals surface area contributed by atoms with Gasteiger partial charge in [-0.05, 0) is 54.7 Å². The van der Waals surface area contributed by atoms with Crippen molar-refractivity contribution < 1.29 is 14.6 Å². The number of aromatic nitrogens is 9. The second kappa shape index (κ2) is 10.3. The molecule has 1 aliphatic carbocycles. The Morgan fingerprint density at radius 2 is 1.91 bits per heavy atom. The number of aryl methyl sites for hydroxylation is 1. The Labute approximate surface area is 249 Å². The number of imidazole rings is 1. The molecule has 1 aliphatic rings. The number of carbonyl (C=O) groups is 1. The quantitative estimate of drug-likeness (QED) is 0.216. The van der Waals surface area contributed by atoms with Gasteiger partial charge in [0.1, 0.15) is 17.8 Å². The van der Waals surface area contributed by atoms with E-state index >= 15 is 0 Å². The standard InChI is InChI=1S/C30H29N9O5/c1-16(2)20-13-21(23(40)14-24(20)44-28(41)25-27-33-35-36(3)30(43)38(27)15-31-25)26-32-34-29(42)39(26)19-8-9-22-17(12-19)10-11-37(22)18-6-4-5-7-18/h8-16,18,40H,4-7H2,1-3H3,(H,34,42). The number of phenols is 1. The lowest BCUT2D eigenvalue weighted by atomic mass is 9.98. The molecule has 0 saturated heterocycles. The number of rotatable bonds is 6. The maximum Gasteiger partial charge on any atom is 0.366 e. The van der Waals surface area contributed by atoms with Crippen molar-refractivity contribution in [2.24, 2.45) is 7.05 Å². The lowest BCUT2D eigenvalue weighted by Crippen LogP contribution is -2.27. The summed E-state index contributed by atoms with van der Waals surface area (Å²) in [6.07, 6.45) is 8.05. The third-order valence-corrected chi connectivity index (χ3v) is 8.24. The molecule has 1 saturated carbocycles. The van der Waals surface area contributed by atoms with Crippen LogP contribution in [0.15, 0.2) is 58.5 Å². The van der Waals surface area contributed by atoms with Crippen LogP contribution in [0.4, 0.5) is 0 Å². The Bertz CT molecular complexity index is 2190. The van der Waals surface area contributed by atoms with Crippen molar-refractivity contribution in [1.82, 2.24) is 43.7 Å². The number of carbonyl (C=O) groups excluding carboxylic acids is 1. The van der Waals surface area contributed by atoms with E-state index in [0.29, 0.717) is 17.3 Å². The third-order valence-electron chi connectivity index (χ3n) is 8.24. The van der Waals surface area contributed by atoms with Crippen LogP contribution < -0.4 is 16.1 Å². The predicted molar refractivity (Wildman–Crippen MR) is 159 cm³/mol. The maximum absolute atomic E-state index is 13.1. The number of nitrogens with zero attached hydrogens (tertiary/aromatic N) is 8. The number of esters is 1. The molecule has 7 rings (SSSR count). The summed E-state index contributed by atoms with van der Waals surface area (Å²) in [5.74, 6) is -1.00. The van der Waals surface area contributed by atoms with Crippen molar-refractivity contribution in [3.8, 4) is 28.6 Å². The van der Waals surface area contributed by atoms with E-state index in [1.54, 1.807) is 6.07 Å². The molecule has 44 heavy (non-hydrogen) atoms. The number of benzene rings is 2. The average Bonchev–Trinajstić information content (AvgIpc) is 3.80. The van der Waals surface area contributed by atoms with Crippen molar-refractivity contribution in [1.29, 1.82) is 0 Å². The van der Waals surface area contributed by atoms with Gasteiger partial charge in [0, 0.05) is 36.3 Å². The first-order valence-corrected chi connectivity index (χ1v) is 14.4. The van der Waals surface area contributed by atoms with Crippen LogP contribution in [0.2, 0.25) is 0 Å². The molecule has 4 heterocycles. The van der Waals surface area contributed by atoms with E-state index in [4.69, 9.17) is 4.74 Å². The number of ether oxygens (including phenoxy) is 1. The van der Waals surface area contributed by atoms with Crippen LogP contribution in [0.5, 0.6) is 11.5 Å². The number of aromatic hydroxyl groups is 1. The van der Waals surface area contributed by atoms with Crippen molar-refractivity contribution >= 4 is 22.5 Å². The Morgan fingerprint density at radius 1 is 1.11 bits per heavy atom. The molecule has 2 N–H and O–H groups in total. The van der Waals surface area contributed by atoms with Crippen molar-refractivity contribution in [2.75, 3.05) is 0 Å². The zero-order valence-electron chi connectivity index (χ0n) is 24.3. The number of aromatic amines is 1. The zero-order chi connectivity index (χ0) is 30.7. The van der Waals surface area contributed by atoms with E-state index in [9.17, 15) is 19.5 Å².